The lowest BCUT2D eigenvalue weighted by Crippen LogP contribution is -2.56. The smallest absolute Gasteiger partial charge is 0.236 e. The average molecular weight is 366 g/mol. The number of carbonyl (C=O) groups excluding carboxylic acids is 2. The molecule has 26 heavy (non-hydrogen) atoms. The Morgan fingerprint density at radius 2 is 1.62 bits per heavy atom. The van der Waals surface area contributed by atoms with E-state index < -0.39 is 0 Å². The van der Waals surface area contributed by atoms with Crippen LogP contribution in [0, 0.1) is 0 Å². The van der Waals surface area contributed by atoms with Crippen LogP contribution in [0.15, 0.2) is 0 Å². The molecule has 6 nitrogen and oxygen atoms in total. The van der Waals surface area contributed by atoms with E-state index in [9.17, 15) is 9.59 Å². The van der Waals surface area contributed by atoms with Crippen molar-refractivity contribution in [3.8, 4) is 0 Å². The van der Waals surface area contributed by atoms with Crippen molar-refractivity contribution >= 4 is 11.8 Å². The molecule has 3 heterocycles. The van der Waals surface area contributed by atoms with E-state index in [0.717, 1.165) is 58.5 Å². The van der Waals surface area contributed by atoms with E-state index in [-0.39, 0.29) is 23.9 Å². The second kappa shape index (κ2) is 9.70. The summed E-state index contributed by atoms with van der Waals surface area (Å²) in [4.78, 5) is 31.6. The number of hydrogen-bond acceptors (Lipinski definition) is 4. The third-order valence-corrected chi connectivity index (χ3v) is 6.15. The van der Waals surface area contributed by atoms with Gasteiger partial charge < -0.3 is 14.5 Å². The lowest BCUT2D eigenvalue weighted by Gasteiger charge is -2.44. The summed E-state index contributed by atoms with van der Waals surface area (Å²) >= 11 is 0. The van der Waals surface area contributed by atoms with Gasteiger partial charge in [0.25, 0.3) is 0 Å². The predicted molar refractivity (Wildman–Crippen MR) is 101 cm³/mol. The van der Waals surface area contributed by atoms with Crippen LogP contribution in [-0.2, 0) is 14.3 Å². The Hall–Kier alpha value is -1.14. The zero-order chi connectivity index (χ0) is 18.4. The SMILES string of the molecule is CC(=O)N(C1CCOCC1)C1CCCN(C(=O)CN2CCCCCC2)C1. The number of amides is 2. The maximum Gasteiger partial charge on any atom is 0.236 e. The standard InChI is InChI=1S/C20H35N3O3/c1-17(24)23(18-8-13-26-14-9-18)19-7-6-12-22(15-19)20(25)16-21-10-4-2-3-5-11-21/h18-19H,2-16H2,1H3. The van der Waals surface area contributed by atoms with Gasteiger partial charge in [-0.25, -0.2) is 0 Å². The van der Waals surface area contributed by atoms with E-state index in [1.165, 1.54) is 25.7 Å². The van der Waals surface area contributed by atoms with Crippen molar-refractivity contribution < 1.29 is 14.3 Å². The minimum atomic E-state index is 0.142. The number of rotatable bonds is 4. The third kappa shape index (κ3) is 5.19. The van der Waals surface area contributed by atoms with Crippen LogP contribution in [0.2, 0.25) is 0 Å². The van der Waals surface area contributed by atoms with E-state index in [2.05, 4.69) is 9.80 Å². The molecule has 3 aliphatic rings. The number of nitrogens with zero attached hydrogens (tertiary/aromatic N) is 3. The van der Waals surface area contributed by atoms with Crippen molar-refractivity contribution in [3.05, 3.63) is 0 Å². The largest absolute Gasteiger partial charge is 0.381 e. The summed E-state index contributed by atoms with van der Waals surface area (Å²) in [6.07, 6.45) is 8.81. The van der Waals surface area contributed by atoms with Gasteiger partial charge in [-0.05, 0) is 51.6 Å². The normalized spacial score (nSPS) is 26.3. The van der Waals surface area contributed by atoms with Gasteiger partial charge in [-0.2, -0.15) is 0 Å². The van der Waals surface area contributed by atoms with E-state index in [1.54, 1.807) is 6.92 Å². The average Bonchev–Trinajstić information content (AvgIpc) is 2.91. The van der Waals surface area contributed by atoms with Gasteiger partial charge in [0.15, 0.2) is 0 Å². The lowest BCUT2D eigenvalue weighted by atomic mass is 9.98. The Labute approximate surface area is 157 Å². The van der Waals surface area contributed by atoms with E-state index in [0.29, 0.717) is 13.1 Å². The first-order valence-electron chi connectivity index (χ1n) is 10.5. The molecule has 3 saturated heterocycles. The molecule has 0 aliphatic carbocycles. The van der Waals surface area contributed by atoms with Gasteiger partial charge in [0, 0.05) is 45.3 Å². The summed E-state index contributed by atoms with van der Waals surface area (Å²) in [5, 5.41) is 0. The first-order chi connectivity index (χ1) is 12.6. The predicted octanol–water partition coefficient (Wildman–Crippen LogP) is 1.88. The fourth-order valence-electron chi connectivity index (χ4n) is 4.77. The quantitative estimate of drug-likeness (QED) is 0.763. The van der Waals surface area contributed by atoms with Gasteiger partial charge in [0.1, 0.15) is 0 Å². The fraction of sp³-hybridized carbons (Fsp3) is 0.900. The van der Waals surface area contributed by atoms with Crippen LogP contribution in [0.5, 0.6) is 0 Å². The van der Waals surface area contributed by atoms with Gasteiger partial charge in [0.2, 0.25) is 11.8 Å². The van der Waals surface area contributed by atoms with Crippen LogP contribution >= 0.6 is 0 Å². The van der Waals surface area contributed by atoms with Crippen molar-refractivity contribution in [2.24, 2.45) is 0 Å². The topological polar surface area (TPSA) is 53.1 Å². The van der Waals surface area contributed by atoms with Crippen molar-refractivity contribution in [1.29, 1.82) is 0 Å². The molecule has 2 amide bonds. The Bertz CT molecular complexity index is 471. The van der Waals surface area contributed by atoms with Crippen LogP contribution < -0.4 is 0 Å². The molecule has 0 bridgehead atoms. The van der Waals surface area contributed by atoms with Crippen molar-refractivity contribution in [3.63, 3.8) is 0 Å². The van der Waals surface area contributed by atoms with Crippen LogP contribution in [0.3, 0.4) is 0 Å². The Balaban J connectivity index is 1.57. The minimum absolute atomic E-state index is 0.142. The highest BCUT2D eigenvalue weighted by Gasteiger charge is 2.34. The van der Waals surface area contributed by atoms with Gasteiger partial charge in [-0.15, -0.1) is 0 Å². The zero-order valence-electron chi connectivity index (χ0n) is 16.3. The number of piperidine rings is 1. The molecule has 0 radical (unpaired) electrons. The fourth-order valence-corrected chi connectivity index (χ4v) is 4.77. The van der Waals surface area contributed by atoms with Crippen molar-refractivity contribution in [2.45, 2.75) is 70.4 Å². The van der Waals surface area contributed by atoms with E-state index >= 15 is 0 Å². The molecule has 148 valence electrons. The summed E-state index contributed by atoms with van der Waals surface area (Å²) < 4.78 is 5.46. The molecule has 6 heteroatoms. The molecule has 0 aromatic heterocycles. The molecule has 0 aromatic carbocycles. The van der Waals surface area contributed by atoms with Crippen LogP contribution in [0.1, 0.15) is 58.3 Å². The molecule has 1 unspecified atom stereocenters. The molecule has 0 N–H and O–H groups in total. The number of hydrogen-bond donors (Lipinski definition) is 0. The van der Waals surface area contributed by atoms with E-state index in [4.69, 9.17) is 4.74 Å². The van der Waals surface area contributed by atoms with E-state index in [1.807, 2.05) is 4.90 Å². The summed E-state index contributed by atoms with van der Waals surface area (Å²) in [6, 6.07) is 0.435. The molecule has 3 rings (SSSR count). The van der Waals surface area contributed by atoms with Crippen molar-refractivity contribution in [1.82, 2.24) is 14.7 Å². The molecule has 0 spiro atoms. The number of carbonyl (C=O) groups is 2. The molecule has 0 aromatic rings. The zero-order valence-corrected chi connectivity index (χ0v) is 16.3. The second-order valence-electron chi connectivity index (χ2n) is 8.10. The molecular formula is C20H35N3O3. The van der Waals surface area contributed by atoms with Gasteiger partial charge in [-0.1, -0.05) is 12.8 Å². The highest BCUT2D eigenvalue weighted by molar-refractivity contribution is 5.79. The van der Waals surface area contributed by atoms with Gasteiger partial charge >= 0.3 is 0 Å². The lowest BCUT2D eigenvalue weighted by molar-refractivity contribution is -0.143. The maximum absolute atomic E-state index is 12.9. The Kier molecular flexibility index (Phi) is 7.32. The Morgan fingerprint density at radius 3 is 2.27 bits per heavy atom. The Morgan fingerprint density at radius 1 is 0.923 bits per heavy atom. The summed E-state index contributed by atoms with van der Waals surface area (Å²) in [7, 11) is 0. The number of ether oxygens (including phenoxy) is 1. The summed E-state index contributed by atoms with van der Waals surface area (Å²) in [5.41, 5.74) is 0. The first-order valence-corrected chi connectivity index (χ1v) is 10.5. The van der Waals surface area contributed by atoms with Crippen LogP contribution in [0.25, 0.3) is 0 Å². The van der Waals surface area contributed by atoms with Crippen LogP contribution in [-0.4, -0.2) is 84.5 Å². The summed E-state index contributed by atoms with van der Waals surface area (Å²) in [5.74, 6) is 0.385. The number of likely N-dealkylation sites (tertiary alicyclic amines) is 2. The first kappa shape index (κ1) is 19.6. The summed E-state index contributed by atoms with van der Waals surface area (Å²) in [6.45, 7) is 7.32. The molecule has 3 fully saturated rings. The van der Waals surface area contributed by atoms with Gasteiger partial charge in [-0.3, -0.25) is 14.5 Å². The molecule has 0 saturated carbocycles. The van der Waals surface area contributed by atoms with Crippen LogP contribution in [0.4, 0.5) is 0 Å². The minimum Gasteiger partial charge on any atom is -0.381 e. The third-order valence-electron chi connectivity index (χ3n) is 6.15. The maximum atomic E-state index is 12.9. The molecule has 1 atom stereocenters. The highest BCUT2D eigenvalue weighted by Crippen LogP contribution is 2.24. The molecule has 3 aliphatic heterocycles. The van der Waals surface area contributed by atoms with Crippen molar-refractivity contribution in [2.75, 3.05) is 45.9 Å². The highest BCUT2D eigenvalue weighted by atomic mass is 16.5. The van der Waals surface area contributed by atoms with Gasteiger partial charge in [0.05, 0.1) is 6.54 Å². The monoisotopic (exact) mass is 365 g/mol. The second-order valence-corrected chi connectivity index (χ2v) is 8.10. The molecular weight excluding hydrogens is 330 g/mol.